The second-order valence-electron chi connectivity index (χ2n) is 9.48. The van der Waals surface area contributed by atoms with Crippen LogP contribution in [0, 0.1) is 13.8 Å². The molecule has 2 amide bonds. The van der Waals surface area contributed by atoms with E-state index in [9.17, 15) is 18.0 Å². The van der Waals surface area contributed by atoms with Gasteiger partial charge in [-0.1, -0.05) is 54.2 Å². The standard InChI is InChI=1S/C26H33Cl2N3O4S/c1-17-9-10-18(2)24(13-17)31(36(4,34)35)16-25(32)30(15-20-11-12-21(27)14-23(20)28)19(3)26(33)29-22-7-5-6-8-22/h9-14,19,22H,5-8,15-16H2,1-4H3,(H,29,33). The summed E-state index contributed by atoms with van der Waals surface area (Å²) in [7, 11) is -3.80. The van der Waals surface area contributed by atoms with Crippen LogP contribution in [0.25, 0.3) is 0 Å². The van der Waals surface area contributed by atoms with Gasteiger partial charge in [0.05, 0.1) is 11.9 Å². The summed E-state index contributed by atoms with van der Waals surface area (Å²) in [6, 6.07) is 9.60. The Morgan fingerprint density at radius 2 is 1.75 bits per heavy atom. The molecule has 0 bridgehead atoms. The van der Waals surface area contributed by atoms with Gasteiger partial charge in [-0.2, -0.15) is 0 Å². The van der Waals surface area contributed by atoms with Crippen molar-refractivity contribution in [2.24, 2.45) is 0 Å². The van der Waals surface area contributed by atoms with Crippen LogP contribution in [0.3, 0.4) is 0 Å². The van der Waals surface area contributed by atoms with Crippen LogP contribution in [0.2, 0.25) is 10.0 Å². The van der Waals surface area contributed by atoms with E-state index in [0.717, 1.165) is 47.4 Å². The fraction of sp³-hybridized carbons (Fsp3) is 0.462. The molecule has 0 heterocycles. The Kier molecular flexibility index (Phi) is 9.30. The highest BCUT2D eigenvalue weighted by atomic mass is 35.5. The molecule has 2 aromatic rings. The molecule has 1 aliphatic rings. The number of anilines is 1. The minimum atomic E-state index is -3.80. The third kappa shape index (κ3) is 7.14. The van der Waals surface area contributed by atoms with Crippen LogP contribution in [-0.4, -0.2) is 50.0 Å². The van der Waals surface area contributed by atoms with Crippen molar-refractivity contribution >= 4 is 50.7 Å². The molecule has 0 aliphatic heterocycles. The molecule has 196 valence electrons. The molecule has 0 radical (unpaired) electrons. The zero-order valence-corrected chi connectivity index (χ0v) is 23.4. The molecule has 3 rings (SSSR count). The van der Waals surface area contributed by atoms with Crippen molar-refractivity contribution in [2.75, 3.05) is 17.1 Å². The van der Waals surface area contributed by atoms with Crippen molar-refractivity contribution in [1.82, 2.24) is 10.2 Å². The number of halogens is 2. The molecule has 10 heteroatoms. The smallest absolute Gasteiger partial charge is 0.244 e. The third-order valence-electron chi connectivity index (χ3n) is 6.54. The average molecular weight is 555 g/mol. The van der Waals surface area contributed by atoms with E-state index in [1.54, 1.807) is 38.1 Å². The van der Waals surface area contributed by atoms with Gasteiger partial charge in [-0.15, -0.1) is 0 Å². The maximum Gasteiger partial charge on any atom is 0.244 e. The summed E-state index contributed by atoms with van der Waals surface area (Å²) >= 11 is 12.4. The molecule has 2 aromatic carbocycles. The number of carbonyl (C=O) groups excluding carboxylic acids is 2. The lowest BCUT2D eigenvalue weighted by Crippen LogP contribution is -2.52. The Morgan fingerprint density at radius 3 is 2.36 bits per heavy atom. The topological polar surface area (TPSA) is 86.8 Å². The number of benzene rings is 2. The predicted molar refractivity (Wildman–Crippen MR) is 145 cm³/mol. The molecule has 1 N–H and O–H groups in total. The van der Waals surface area contributed by atoms with E-state index >= 15 is 0 Å². The zero-order chi connectivity index (χ0) is 26.6. The number of aryl methyl sites for hydroxylation is 2. The van der Waals surface area contributed by atoms with Gasteiger partial charge in [-0.25, -0.2) is 8.42 Å². The van der Waals surface area contributed by atoms with Crippen LogP contribution >= 0.6 is 23.2 Å². The first-order valence-corrected chi connectivity index (χ1v) is 14.6. The minimum absolute atomic E-state index is 0.0263. The molecular formula is C26H33Cl2N3O4S. The van der Waals surface area contributed by atoms with Crippen molar-refractivity contribution in [3.05, 3.63) is 63.1 Å². The lowest BCUT2D eigenvalue weighted by molar-refractivity contribution is -0.139. The van der Waals surface area contributed by atoms with Gasteiger partial charge in [0, 0.05) is 22.6 Å². The first-order valence-electron chi connectivity index (χ1n) is 12.0. The van der Waals surface area contributed by atoms with Crippen molar-refractivity contribution < 1.29 is 18.0 Å². The molecule has 7 nitrogen and oxygen atoms in total. The van der Waals surface area contributed by atoms with Gasteiger partial charge in [0.15, 0.2) is 0 Å². The van der Waals surface area contributed by atoms with E-state index < -0.39 is 28.5 Å². The second-order valence-corrected chi connectivity index (χ2v) is 12.2. The summed E-state index contributed by atoms with van der Waals surface area (Å²) < 4.78 is 26.6. The van der Waals surface area contributed by atoms with Crippen molar-refractivity contribution in [2.45, 2.75) is 65.1 Å². The molecule has 0 aromatic heterocycles. The lowest BCUT2D eigenvalue weighted by atomic mass is 10.1. The van der Waals surface area contributed by atoms with Crippen molar-refractivity contribution in [3.8, 4) is 0 Å². The van der Waals surface area contributed by atoms with Gasteiger partial charge in [-0.3, -0.25) is 13.9 Å². The molecule has 1 fully saturated rings. The Morgan fingerprint density at radius 1 is 1.08 bits per heavy atom. The highest BCUT2D eigenvalue weighted by Gasteiger charge is 2.32. The lowest BCUT2D eigenvalue weighted by Gasteiger charge is -2.32. The largest absolute Gasteiger partial charge is 0.352 e. The summed E-state index contributed by atoms with van der Waals surface area (Å²) in [5.41, 5.74) is 2.62. The fourth-order valence-corrected chi connectivity index (χ4v) is 5.76. The second kappa shape index (κ2) is 11.8. The first-order chi connectivity index (χ1) is 16.9. The normalized spacial score (nSPS) is 14.9. The van der Waals surface area contributed by atoms with E-state index in [-0.39, 0.29) is 18.5 Å². The maximum absolute atomic E-state index is 13.7. The van der Waals surface area contributed by atoms with E-state index in [2.05, 4.69) is 5.32 Å². The molecule has 1 saturated carbocycles. The van der Waals surface area contributed by atoms with Crippen LogP contribution in [0.1, 0.15) is 49.3 Å². The monoisotopic (exact) mass is 553 g/mol. The predicted octanol–water partition coefficient (Wildman–Crippen LogP) is 4.85. The summed E-state index contributed by atoms with van der Waals surface area (Å²) in [4.78, 5) is 28.2. The zero-order valence-electron chi connectivity index (χ0n) is 21.1. The quantitative estimate of drug-likeness (QED) is 0.480. The number of hydrogen-bond acceptors (Lipinski definition) is 4. The molecule has 0 spiro atoms. The number of amides is 2. The Bertz CT molecular complexity index is 1230. The molecule has 0 saturated heterocycles. The van der Waals surface area contributed by atoms with E-state index in [4.69, 9.17) is 23.2 Å². The summed E-state index contributed by atoms with van der Waals surface area (Å²) in [5.74, 6) is -0.792. The molecule has 1 aliphatic carbocycles. The SMILES string of the molecule is Cc1ccc(C)c(N(CC(=O)N(Cc2ccc(Cl)cc2Cl)C(C)C(=O)NC2CCCC2)S(C)(=O)=O)c1. The number of hydrogen-bond donors (Lipinski definition) is 1. The van der Waals surface area contributed by atoms with Crippen LogP contribution in [0.4, 0.5) is 5.69 Å². The van der Waals surface area contributed by atoms with E-state index in [0.29, 0.717) is 21.3 Å². The Hall–Kier alpha value is -2.29. The van der Waals surface area contributed by atoms with Gasteiger partial charge in [0.1, 0.15) is 12.6 Å². The van der Waals surface area contributed by atoms with Crippen molar-refractivity contribution in [1.29, 1.82) is 0 Å². The van der Waals surface area contributed by atoms with Crippen LogP contribution in [-0.2, 0) is 26.2 Å². The minimum Gasteiger partial charge on any atom is -0.352 e. The molecular weight excluding hydrogens is 521 g/mol. The average Bonchev–Trinajstić information content (AvgIpc) is 3.30. The first kappa shape index (κ1) is 28.3. The number of carbonyl (C=O) groups is 2. The number of nitrogens with zero attached hydrogens (tertiary/aromatic N) is 2. The molecule has 36 heavy (non-hydrogen) atoms. The van der Waals surface area contributed by atoms with Gasteiger partial charge in [-0.05, 0) is 68.5 Å². The Balaban J connectivity index is 1.94. The van der Waals surface area contributed by atoms with E-state index in [1.165, 1.54) is 4.90 Å². The van der Waals surface area contributed by atoms with Gasteiger partial charge >= 0.3 is 0 Å². The highest BCUT2D eigenvalue weighted by Crippen LogP contribution is 2.26. The summed E-state index contributed by atoms with van der Waals surface area (Å²) in [6.07, 6.45) is 5.00. The molecule has 1 atom stereocenters. The molecule has 1 unspecified atom stereocenters. The van der Waals surface area contributed by atoms with Gasteiger partial charge < -0.3 is 10.2 Å². The summed E-state index contributed by atoms with van der Waals surface area (Å²) in [5, 5.41) is 3.85. The van der Waals surface area contributed by atoms with Crippen molar-refractivity contribution in [3.63, 3.8) is 0 Å². The van der Waals surface area contributed by atoms with Crippen LogP contribution in [0.15, 0.2) is 36.4 Å². The highest BCUT2D eigenvalue weighted by molar-refractivity contribution is 7.92. The number of sulfonamides is 1. The van der Waals surface area contributed by atoms with E-state index in [1.807, 2.05) is 19.1 Å². The summed E-state index contributed by atoms with van der Waals surface area (Å²) in [6.45, 7) is 4.87. The maximum atomic E-state index is 13.7. The van der Waals surface area contributed by atoms with Gasteiger partial charge in [0.2, 0.25) is 21.8 Å². The number of rotatable bonds is 9. The van der Waals surface area contributed by atoms with Crippen LogP contribution < -0.4 is 9.62 Å². The van der Waals surface area contributed by atoms with Crippen LogP contribution in [0.5, 0.6) is 0 Å². The van der Waals surface area contributed by atoms with Gasteiger partial charge in [0.25, 0.3) is 0 Å². The third-order valence-corrected chi connectivity index (χ3v) is 8.25. The number of nitrogens with one attached hydrogen (secondary N) is 1. The Labute approximate surface area is 223 Å². The fourth-order valence-electron chi connectivity index (χ4n) is 4.39.